The largest absolute Gasteiger partial charge is 0.311 e. The summed E-state index contributed by atoms with van der Waals surface area (Å²) >= 11 is 0. The summed E-state index contributed by atoms with van der Waals surface area (Å²) < 4.78 is 0. The molecule has 2 atom stereocenters. The molecule has 1 heterocycles. The van der Waals surface area contributed by atoms with Crippen LogP contribution in [0.1, 0.15) is 25.7 Å². The van der Waals surface area contributed by atoms with E-state index in [4.69, 9.17) is 0 Å². The van der Waals surface area contributed by atoms with Gasteiger partial charge in [0.15, 0.2) is 0 Å². The summed E-state index contributed by atoms with van der Waals surface area (Å²) in [7, 11) is 0. The first-order chi connectivity index (χ1) is 9.35. The molecule has 2 unspecified atom stereocenters. The van der Waals surface area contributed by atoms with Crippen LogP contribution in [0.3, 0.4) is 0 Å². The van der Waals surface area contributed by atoms with Gasteiger partial charge in [0.2, 0.25) is 0 Å². The van der Waals surface area contributed by atoms with Crippen molar-refractivity contribution in [1.82, 2.24) is 15.1 Å². The topological polar surface area (TPSA) is 18.5 Å². The van der Waals surface area contributed by atoms with Gasteiger partial charge in [-0.2, -0.15) is 0 Å². The first-order valence-electron chi connectivity index (χ1n) is 7.76. The highest BCUT2D eigenvalue weighted by Gasteiger charge is 2.30. The zero-order chi connectivity index (χ0) is 13.5. The molecule has 2 aliphatic rings. The Bertz CT molecular complexity index is 290. The zero-order valence-electron chi connectivity index (χ0n) is 12.2. The maximum atomic E-state index is 3.93. The molecule has 3 nitrogen and oxygen atoms in total. The van der Waals surface area contributed by atoms with E-state index in [1.54, 1.807) is 0 Å². The summed E-state index contributed by atoms with van der Waals surface area (Å²) in [4.78, 5) is 5.12. The summed E-state index contributed by atoms with van der Waals surface area (Å²) in [6, 6.07) is 1.38. The first kappa shape index (κ1) is 14.8. The maximum absolute atomic E-state index is 3.93. The summed E-state index contributed by atoms with van der Waals surface area (Å²) in [6.07, 6.45) is 9.51. The summed E-state index contributed by atoms with van der Waals surface area (Å²) in [5.41, 5.74) is 0. The Kier molecular flexibility index (Phi) is 6.08. The van der Waals surface area contributed by atoms with Gasteiger partial charge in [0, 0.05) is 51.4 Å². The van der Waals surface area contributed by atoms with Crippen LogP contribution in [-0.4, -0.2) is 61.2 Å². The lowest BCUT2D eigenvalue weighted by Crippen LogP contribution is -2.52. The quantitative estimate of drug-likeness (QED) is 0.781. The lowest BCUT2D eigenvalue weighted by Gasteiger charge is -2.39. The highest BCUT2D eigenvalue weighted by molar-refractivity contribution is 4.92. The molecule has 1 N–H and O–H groups in total. The fraction of sp³-hybridized carbons (Fsp3) is 0.750. The van der Waals surface area contributed by atoms with Crippen LogP contribution in [0.5, 0.6) is 0 Å². The van der Waals surface area contributed by atoms with Crippen molar-refractivity contribution in [2.75, 3.05) is 39.3 Å². The van der Waals surface area contributed by atoms with E-state index in [9.17, 15) is 0 Å². The Hall–Kier alpha value is -0.640. The lowest BCUT2D eigenvalue weighted by molar-refractivity contribution is 0.134. The van der Waals surface area contributed by atoms with Gasteiger partial charge < -0.3 is 5.32 Å². The fourth-order valence-corrected chi connectivity index (χ4v) is 3.50. The Labute approximate surface area is 118 Å². The summed E-state index contributed by atoms with van der Waals surface area (Å²) in [6.45, 7) is 14.4. The van der Waals surface area contributed by atoms with Gasteiger partial charge in [-0.3, -0.25) is 9.80 Å². The average molecular weight is 263 g/mol. The molecule has 1 aliphatic heterocycles. The number of hydrogen-bond acceptors (Lipinski definition) is 3. The number of nitrogens with zero attached hydrogens (tertiary/aromatic N) is 2. The van der Waals surface area contributed by atoms with Crippen molar-refractivity contribution >= 4 is 0 Å². The second kappa shape index (κ2) is 7.83. The number of rotatable bonds is 4. The van der Waals surface area contributed by atoms with E-state index in [-0.39, 0.29) is 0 Å². The second-order valence-corrected chi connectivity index (χ2v) is 5.79. The van der Waals surface area contributed by atoms with Gasteiger partial charge in [-0.05, 0) is 12.8 Å². The van der Waals surface area contributed by atoms with E-state index in [2.05, 4.69) is 34.4 Å². The van der Waals surface area contributed by atoms with Gasteiger partial charge in [0.05, 0.1) is 0 Å². The second-order valence-electron chi connectivity index (χ2n) is 5.79. The molecule has 0 aromatic heterocycles. The highest BCUT2D eigenvalue weighted by Crippen LogP contribution is 2.23. The molecule has 2 rings (SSSR count). The van der Waals surface area contributed by atoms with Crippen molar-refractivity contribution in [2.45, 2.75) is 37.8 Å². The van der Waals surface area contributed by atoms with Gasteiger partial charge in [-0.15, -0.1) is 13.2 Å². The molecule has 0 aromatic rings. The average Bonchev–Trinajstić information content (AvgIpc) is 2.51. The maximum Gasteiger partial charge on any atom is 0.0253 e. The molecular formula is C16H29N3. The fourth-order valence-electron chi connectivity index (χ4n) is 3.50. The smallest absolute Gasteiger partial charge is 0.0253 e. The molecule has 1 aliphatic carbocycles. The van der Waals surface area contributed by atoms with Crippen LogP contribution in [0, 0.1) is 0 Å². The van der Waals surface area contributed by atoms with Gasteiger partial charge >= 0.3 is 0 Å². The Morgan fingerprint density at radius 2 is 1.79 bits per heavy atom. The molecular weight excluding hydrogens is 234 g/mol. The molecule has 0 aromatic carbocycles. The third-order valence-electron chi connectivity index (χ3n) is 4.49. The van der Waals surface area contributed by atoms with E-state index in [0.717, 1.165) is 39.3 Å². The number of fused-ring (bicyclic) bond motifs is 1. The Balaban J connectivity index is 2.03. The molecule has 1 saturated heterocycles. The van der Waals surface area contributed by atoms with E-state index < -0.39 is 0 Å². The summed E-state index contributed by atoms with van der Waals surface area (Å²) in [5.74, 6) is 0. The highest BCUT2D eigenvalue weighted by atomic mass is 15.2. The lowest BCUT2D eigenvalue weighted by atomic mass is 9.89. The number of hydrogen-bond donors (Lipinski definition) is 1. The Morgan fingerprint density at radius 1 is 1.00 bits per heavy atom. The zero-order valence-corrected chi connectivity index (χ0v) is 12.2. The monoisotopic (exact) mass is 263 g/mol. The van der Waals surface area contributed by atoms with Crippen molar-refractivity contribution < 1.29 is 0 Å². The SMILES string of the molecule is C=CCN1CCNC2CCCCC2N(CC=C)CC1. The van der Waals surface area contributed by atoms with Crippen molar-refractivity contribution in [2.24, 2.45) is 0 Å². The van der Waals surface area contributed by atoms with Gasteiger partial charge in [0.25, 0.3) is 0 Å². The van der Waals surface area contributed by atoms with Crippen LogP contribution in [-0.2, 0) is 0 Å². The molecule has 3 heteroatoms. The van der Waals surface area contributed by atoms with Crippen LogP contribution in [0.25, 0.3) is 0 Å². The van der Waals surface area contributed by atoms with Crippen molar-refractivity contribution in [3.05, 3.63) is 25.3 Å². The van der Waals surface area contributed by atoms with Crippen LogP contribution < -0.4 is 5.32 Å². The molecule has 108 valence electrons. The minimum atomic E-state index is 0.678. The molecule has 0 spiro atoms. The van der Waals surface area contributed by atoms with E-state index in [0.29, 0.717) is 12.1 Å². The summed E-state index contributed by atoms with van der Waals surface area (Å²) in [5, 5.41) is 3.79. The first-order valence-corrected chi connectivity index (χ1v) is 7.76. The molecule has 0 bridgehead atoms. The van der Waals surface area contributed by atoms with E-state index in [1.807, 2.05) is 6.08 Å². The standard InChI is InChI=1S/C16H29N3/c1-3-10-18-12-9-17-15-7-5-6-8-16(15)19(11-4-2)14-13-18/h3-4,15-17H,1-2,5-14H2. The van der Waals surface area contributed by atoms with Gasteiger partial charge in [-0.1, -0.05) is 25.0 Å². The minimum absolute atomic E-state index is 0.678. The van der Waals surface area contributed by atoms with Crippen molar-refractivity contribution in [1.29, 1.82) is 0 Å². The van der Waals surface area contributed by atoms with Crippen LogP contribution >= 0.6 is 0 Å². The third kappa shape index (κ3) is 4.16. The molecule has 0 amide bonds. The van der Waals surface area contributed by atoms with Crippen molar-refractivity contribution in [3.63, 3.8) is 0 Å². The molecule has 0 radical (unpaired) electrons. The van der Waals surface area contributed by atoms with Gasteiger partial charge in [-0.25, -0.2) is 0 Å². The van der Waals surface area contributed by atoms with Crippen LogP contribution in [0.2, 0.25) is 0 Å². The van der Waals surface area contributed by atoms with E-state index in [1.165, 1.54) is 25.7 Å². The normalized spacial score (nSPS) is 30.7. The predicted molar refractivity (Wildman–Crippen MR) is 82.5 cm³/mol. The van der Waals surface area contributed by atoms with Crippen LogP contribution in [0.4, 0.5) is 0 Å². The van der Waals surface area contributed by atoms with Crippen molar-refractivity contribution in [3.8, 4) is 0 Å². The molecule has 1 saturated carbocycles. The predicted octanol–water partition coefficient (Wildman–Crippen LogP) is 1.88. The third-order valence-corrected chi connectivity index (χ3v) is 4.49. The van der Waals surface area contributed by atoms with Gasteiger partial charge in [0.1, 0.15) is 0 Å². The minimum Gasteiger partial charge on any atom is -0.311 e. The molecule has 2 fully saturated rings. The van der Waals surface area contributed by atoms with Crippen LogP contribution in [0.15, 0.2) is 25.3 Å². The Morgan fingerprint density at radius 3 is 2.58 bits per heavy atom. The molecule has 19 heavy (non-hydrogen) atoms. The van der Waals surface area contributed by atoms with E-state index >= 15 is 0 Å². The number of nitrogens with one attached hydrogen (secondary N) is 1.